The van der Waals surface area contributed by atoms with Gasteiger partial charge >= 0.3 is 0 Å². The molecule has 0 spiro atoms. The van der Waals surface area contributed by atoms with E-state index in [9.17, 15) is 0 Å². The zero-order chi connectivity index (χ0) is 25.2. The normalized spacial score (nSPS) is 11.5. The topological polar surface area (TPSA) is 43.6 Å². The Morgan fingerprint density at radius 1 is 0.703 bits per heavy atom. The predicted molar refractivity (Wildman–Crippen MR) is 154 cm³/mol. The molecule has 0 aliphatic rings. The van der Waals surface area contributed by atoms with Gasteiger partial charge in [-0.25, -0.2) is 4.68 Å². The molecule has 0 fully saturated rings. The smallest absolute Gasteiger partial charge is 0.186 e. The van der Waals surface area contributed by atoms with E-state index in [1.54, 1.807) is 11.3 Å². The van der Waals surface area contributed by atoms with E-state index in [0.717, 1.165) is 37.2 Å². The molecule has 6 rings (SSSR count). The van der Waals surface area contributed by atoms with E-state index in [2.05, 4.69) is 136 Å². The fourth-order valence-corrected chi connectivity index (χ4v) is 6.43. The Morgan fingerprint density at radius 3 is 1.73 bits per heavy atom. The molecule has 0 saturated carbocycles. The molecule has 180 valence electrons. The van der Waals surface area contributed by atoms with Crippen LogP contribution in [0.3, 0.4) is 0 Å². The Morgan fingerprint density at radius 2 is 1.22 bits per heavy atom. The number of hydrogen-bond donors (Lipinski definition) is 0. The van der Waals surface area contributed by atoms with Crippen LogP contribution >= 0.6 is 27.3 Å². The van der Waals surface area contributed by atoms with E-state index in [1.807, 2.05) is 22.9 Å². The average Bonchev–Trinajstić information content (AvgIpc) is 3.58. The zero-order valence-electron chi connectivity index (χ0n) is 20.1. The second-order valence-electron chi connectivity index (χ2n) is 8.89. The molecule has 0 radical (unpaired) electrons. The summed E-state index contributed by atoms with van der Waals surface area (Å²) in [6.45, 7) is 2.10. The van der Waals surface area contributed by atoms with Gasteiger partial charge in [0.1, 0.15) is 5.54 Å². The van der Waals surface area contributed by atoms with Gasteiger partial charge < -0.3 is 0 Å². The largest absolute Gasteiger partial charge is 0.205 e. The van der Waals surface area contributed by atoms with Crippen LogP contribution in [0.1, 0.15) is 22.3 Å². The minimum Gasteiger partial charge on any atom is -0.205 e. The monoisotopic (exact) mass is 562 g/mol. The second-order valence-corrected chi connectivity index (χ2v) is 11.1. The minimum atomic E-state index is -0.797. The summed E-state index contributed by atoms with van der Waals surface area (Å²) in [7, 11) is 0. The lowest BCUT2D eigenvalue weighted by atomic mass is 9.77. The fraction of sp³-hybridized carbons (Fsp3) is 0.0645. The van der Waals surface area contributed by atoms with Crippen LogP contribution in [0.15, 0.2) is 124 Å². The molecule has 0 unspecified atom stereocenters. The molecule has 0 saturated heterocycles. The molecule has 4 aromatic carbocycles. The zero-order valence-corrected chi connectivity index (χ0v) is 22.5. The molecule has 0 bridgehead atoms. The van der Waals surface area contributed by atoms with Crippen molar-refractivity contribution in [3.8, 4) is 22.5 Å². The molecule has 0 aliphatic heterocycles. The second kappa shape index (κ2) is 9.88. The van der Waals surface area contributed by atoms with E-state index in [-0.39, 0.29) is 0 Å². The molecule has 4 nitrogen and oxygen atoms in total. The Balaban J connectivity index is 1.69. The molecule has 6 aromatic rings. The quantitative estimate of drug-likeness (QED) is 0.193. The van der Waals surface area contributed by atoms with Crippen LogP contribution in [0.2, 0.25) is 0 Å². The van der Waals surface area contributed by atoms with Crippen molar-refractivity contribution in [1.29, 1.82) is 0 Å². The molecule has 2 heterocycles. The van der Waals surface area contributed by atoms with Gasteiger partial charge in [-0.15, -0.1) is 16.4 Å². The molecule has 0 amide bonds. The average molecular weight is 564 g/mol. The van der Waals surface area contributed by atoms with Crippen molar-refractivity contribution in [1.82, 2.24) is 20.2 Å². The highest BCUT2D eigenvalue weighted by Gasteiger charge is 2.42. The van der Waals surface area contributed by atoms with Gasteiger partial charge in [-0.2, -0.15) is 0 Å². The van der Waals surface area contributed by atoms with Crippen LogP contribution in [-0.2, 0) is 5.54 Å². The molecule has 37 heavy (non-hydrogen) atoms. The van der Waals surface area contributed by atoms with Gasteiger partial charge in [-0.05, 0) is 55.5 Å². The molecule has 2 aromatic heterocycles. The van der Waals surface area contributed by atoms with Gasteiger partial charge in [0.2, 0.25) is 0 Å². The standard InChI is InChI=1S/C31H23BrN4S/c1-22-17-19-23(20-18-22)27-21-37-29(32)28(27)30-33-34-35-36(30)31(24-11-5-2-6-12-24,25-13-7-3-8-14-25)26-15-9-4-10-16-26/h2-21H,1H3. The number of aryl methyl sites for hydroxylation is 1. The third-order valence-corrected chi connectivity index (χ3v) is 8.42. The summed E-state index contributed by atoms with van der Waals surface area (Å²) in [6, 6.07) is 40.0. The van der Waals surface area contributed by atoms with Crippen molar-refractivity contribution in [2.75, 3.05) is 0 Å². The minimum absolute atomic E-state index is 0.695. The van der Waals surface area contributed by atoms with Crippen molar-refractivity contribution < 1.29 is 0 Å². The van der Waals surface area contributed by atoms with E-state index >= 15 is 0 Å². The number of aromatic nitrogens is 4. The summed E-state index contributed by atoms with van der Waals surface area (Å²) < 4.78 is 2.97. The number of hydrogen-bond acceptors (Lipinski definition) is 4. The van der Waals surface area contributed by atoms with E-state index in [0.29, 0.717) is 5.82 Å². The van der Waals surface area contributed by atoms with Gasteiger partial charge in [-0.1, -0.05) is 121 Å². The van der Waals surface area contributed by atoms with E-state index in [4.69, 9.17) is 5.21 Å². The van der Waals surface area contributed by atoms with E-state index in [1.165, 1.54) is 5.56 Å². The van der Waals surface area contributed by atoms with Gasteiger partial charge in [0, 0.05) is 10.9 Å². The van der Waals surface area contributed by atoms with Gasteiger partial charge in [-0.3, -0.25) is 0 Å². The van der Waals surface area contributed by atoms with Crippen molar-refractivity contribution in [3.63, 3.8) is 0 Å². The Bertz CT molecular complexity index is 1530. The first-order valence-corrected chi connectivity index (χ1v) is 13.7. The number of rotatable bonds is 6. The van der Waals surface area contributed by atoms with Crippen molar-refractivity contribution in [2.24, 2.45) is 0 Å². The summed E-state index contributed by atoms with van der Waals surface area (Å²) in [5.74, 6) is 0.695. The van der Waals surface area contributed by atoms with Gasteiger partial charge in [0.05, 0.1) is 9.35 Å². The first kappa shape index (κ1) is 23.5. The summed E-state index contributed by atoms with van der Waals surface area (Å²) in [6.07, 6.45) is 0. The van der Waals surface area contributed by atoms with Crippen molar-refractivity contribution in [3.05, 3.63) is 147 Å². The highest BCUT2D eigenvalue weighted by molar-refractivity contribution is 9.11. The number of benzene rings is 4. The van der Waals surface area contributed by atoms with Gasteiger partial charge in [0.15, 0.2) is 5.82 Å². The SMILES string of the molecule is Cc1ccc(-c2csc(Br)c2-c2nnnn2C(c2ccccc2)(c2ccccc2)c2ccccc2)cc1. The van der Waals surface area contributed by atoms with Gasteiger partial charge in [0.25, 0.3) is 0 Å². The summed E-state index contributed by atoms with van der Waals surface area (Å²) in [5, 5.41) is 15.8. The molecular formula is C31H23BrN4S. The summed E-state index contributed by atoms with van der Waals surface area (Å²) in [5.41, 5.74) is 6.84. The number of tetrazole rings is 1. The Labute approximate surface area is 228 Å². The number of nitrogens with zero attached hydrogens (tertiary/aromatic N) is 4. The first-order valence-electron chi connectivity index (χ1n) is 12.0. The van der Waals surface area contributed by atoms with Crippen LogP contribution in [-0.4, -0.2) is 20.2 Å². The first-order chi connectivity index (χ1) is 18.2. The molecule has 0 atom stereocenters. The Hall–Kier alpha value is -3.87. The van der Waals surface area contributed by atoms with Crippen molar-refractivity contribution >= 4 is 27.3 Å². The number of halogens is 1. The molecular weight excluding hydrogens is 540 g/mol. The maximum absolute atomic E-state index is 4.70. The predicted octanol–water partition coefficient (Wildman–Crippen LogP) is 7.98. The van der Waals surface area contributed by atoms with Crippen LogP contribution in [0.4, 0.5) is 0 Å². The van der Waals surface area contributed by atoms with Crippen LogP contribution < -0.4 is 0 Å². The van der Waals surface area contributed by atoms with E-state index < -0.39 is 5.54 Å². The maximum atomic E-state index is 4.70. The third-order valence-electron chi connectivity index (χ3n) is 6.69. The molecule has 0 aliphatic carbocycles. The maximum Gasteiger partial charge on any atom is 0.186 e. The highest BCUT2D eigenvalue weighted by Crippen LogP contribution is 2.46. The van der Waals surface area contributed by atoms with Crippen LogP contribution in [0, 0.1) is 6.92 Å². The fourth-order valence-electron chi connectivity index (χ4n) is 4.96. The van der Waals surface area contributed by atoms with Crippen LogP contribution in [0.5, 0.6) is 0 Å². The van der Waals surface area contributed by atoms with Crippen LogP contribution in [0.25, 0.3) is 22.5 Å². The lowest BCUT2D eigenvalue weighted by Crippen LogP contribution is -2.39. The summed E-state index contributed by atoms with van der Waals surface area (Å²) >= 11 is 5.47. The highest BCUT2D eigenvalue weighted by atomic mass is 79.9. The molecule has 6 heteroatoms. The molecule has 0 N–H and O–H groups in total. The third kappa shape index (κ3) is 4.02. The number of thiophene rings is 1. The summed E-state index contributed by atoms with van der Waals surface area (Å²) in [4.78, 5) is 0. The van der Waals surface area contributed by atoms with Crippen molar-refractivity contribution in [2.45, 2.75) is 12.5 Å². The lowest BCUT2D eigenvalue weighted by Gasteiger charge is -2.36. The Kier molecular flexibility index (Phi) is 6.28. The lowest BCUT2D eigenvalue weighted by molar-refractivity contribution is 0.451.